The molecular weight excluding hydrogens is 242 g/mol. The maximum Gasteiger partial charge on any atom is 0.150 e. The van der Waals surface area contributed by atoms with E-state index in [2.05, 4.69) is 4.98 Å². The summed E-state index contributed by atoms with van der Waals surface area (Å²) < 4.78 is 0. The smallest absolute Gasteiger partial charge is 0.150 e. The molecule has 0 N–H and O–H groups in total. The summed E-state index contributed by atoms with van der Waals surface area (Å²) in [4.78, 5) is 6.07. The first kappa shape index (κ1) is 13.8. The summed E-state index contributed by atoms with van der Waals surface area (Å²) in [5.41, 5.74) is 2.93. The van der Waals surface area contributed by atoms with E-state index in [1.807, 2.05) is 32.8 Å². The Balaban J connectivity index is 0.00000169. The van der Waals surface area contributed by atoms with Gasteiger partial charge in [-0.05, 0) is 19.4 Å². The molecule has 0 bridgehead atoms. The zero-order valence-corrected chi connectivity index (χ0v) is 10.9. The van der Waals surface area contributed by atoms with E-state index in [-0.39, 0.29) is 12.4 Å². The van der Waals surface area contributed by atoms with Gasteiger partial charge in [-0.1, -0.05) is 23.2 Å². The van der Waals surface area contributed by atoms with Gasteiger partial charge in [0.1, 0.15) is 10.2 Å². The molecule has 0 aromatic carbocycles. The summed E-state index contributed by atoms with van der Waals surface area (Å²) in [5.74, 6) is 0. The van der Waals surface area contributed by atoms with Gasteiger partial charge in [0.25, 0.3) is 0 Å². The number of hydrogen-bond donors (Lipinski definition) is 0. The highest BCUT2D eigenvalue weighted by atomic mass is 35.5. The lowest BCUT2D eigenvalue weighted by Gasteiger charge is -2.19. The minimum Gasteiger partial charge on any atom is -0.376 e. The van der Waals surface area contributed by atoms with Crippen LogP contribution in [0.3, 0.4) is 0 Å². The van der Waals surface area contributed by atoms with Crippen LogP contribution in [-0.2, 0) is 0 Å². The molecule has 1 rings (SSSR count). The molecule has 5 heteroatoms. The molecule has 0 fully saturated rings. The lowest BCUT2D eigenvalue weighted by atomic mass is 10.2. The third-order valence-corrected chi connectivity index (χ3v) is 2.73. The van der Waals surface area contributed by atoms with E-state index in [9.17, 15) is 0 Å². The van der Waals surface area contributed by atoms with Gasteiger partial charge in [-0.2, -0.15) is 0 Å². The number of pyridine rings is 1. The van der Waals surface area contributed by atoms with Crippen molar-refractivity contribution < 1.29 is 0 Å². The van der Waals surface area contributed by atoms with Gasteiger partial charge in [0.15, 0.2) is 0 Å². The lowest BCUT2D eigenvalue weighted by molar-refractivity contribution is 1.07. The van der Waals surface area contributed by atoms with Gasteiger partial charge in [-0.3, -0.25) is 0 Å². The van der Waals surface area contributed by atoms with Crippen molar-refractivity contribution in [2.75, 3.05) is 19.0 Å². The Morgan fingerprint density at radius 3 is 2.07 bits per heavy atom. The van der Waals surface area contributed by atoms with E-state index in [0.29, 0.717) is 10.2 Å². The highest BCUT2D eigenvalue weighted by Gasteiger charge is 2.13. The Bertz CT molecular complexity index is 311. The summed E-state index contributed by atoms with van der Waals surface area (Å²) in [6, 6.07) is 0. The topological polar surface area (TPSA) is 16.1 Å². The van der Waals surface area contributed by atoms with Gasteiger partial charge < -0.3 is 4.90 Å². The summed E-state index contributed by atoms with van der Waals surface area (Å²) in [6.07, 6.45) is 0. The zero-order valence-electron chi connectivity index (χ0n) is 8.56. The van der Waals surface area contributed by atoms with Crippen molar-refractivity contribution in [1.82, 2.24) is 4.98 Å². The second kappa shape index (κ2) is 5.06. The monoisotopic (exact) mass is 254 g/mol. The van der Waals surface area contributed by atoms with Crippen LogP contribution in [0, 0.1) is 13.8 Å². The Labute approximate surface area is 101 Å². The summed E-state index contributed by atoms with van der Waals surface area (Å²) in [6.45, 7) is 3.91. The molecular formula is C9H13Cl3N2. The average Bonchev–Trinajstić information content (AvgIpc) is 2.01. The Kier molecular flexibility index (Phi) is 4.99. The van der Waals surface area contributed by atoms with Crippen molar-refractivity contribution in [1.29, 1.82) is 0 Å². The van der Waals surface area contributed by atoms with E-state index in [1.165, 1.54) is 0 Å². The van der Waals surface area contributed by atoms with Gasteiger partial charge in [-0.25, -0.2) is 4.98 Å². The fraction of sp³-hybridized carbons (Fsp3) is 0.444. The third-order valence-electron chi connectivity index (χ3n) is 2.00. The fourth-order valence-corrected chi connectivity index (χ4v) is 1.81. The van der Waals surface area contributed by atoms with Crippen LogP contribution in [0.1, 0.15) is 11.3 Å². The van der Waals surface area contributed by atoms with E-state index in [4.69, 9.17) is 23.2 Å². The van der Waals surface area contributed by atoms with E-state index in [0.717, 1.165) is 16.9 Å². The molecule has 0 unspecified atom stereocenters. The molecule has 2 nitrogen and oxygen atoms in total. The SMILES string of the molecule is Cc1nc(Cl)c(Cl)c(N(C)C)c1C.Cl. The zero-order chi connectivity index (χ0) is 10.2. The molecule has 80 valence electrons. The first-order valence-electron chi connectivity index (χ1n) is 3.94. The van der Waals surface area contributed by atoms with E-state index < -0.39 is 0 Å². The predicted molar refractivity (Wildman–Crippen MR) is 65.3 cm³/mol. The Hall–Kier alpha value is -0.180. The molecule has 14 heavy (non-hydrogen) atoms. The van der Waals surface area contributed by atoms with Gasteiger partial charge in [0, 0.05) is 19.8 Å². The summed E-state index contributed by atoms with van der Waals surface area (Å²) >= 11 is 11.9. The van der Waals surface area contributed by atoms with E-state index >= 15 is 0 Å². The molecule has 0 saturated heterocycles. The molecule has 1 aromatic rings. The van der Waals surface area contributed by atoms with Crippen LogP contribution in [0.2, 0.25) is 10.2 Å². The standard InChI is InChI=1S/C9H12Cl2N2.ClH/c1-5-6(2)12-9(11)7(10)8(5)13(3)4;/h1-4H3;1H. The number of rotatable bonds is 1. The normalized spacial score (nSPS) is 9.57. The molecule has 1 aromatic heterocycles. The highest BCUT2D eigenvalue weighted by Crippen LogP contribution is 2.34. The largest absolute Gasteiger partial charge is 0.376 e. The molecule has 0 aliphatic heterocycles. The third kappa shape index (κ3) is 2.44. The van der Waals surface area contributed by atoms with Crippen molar-refractivity contribution in [2.45, 2.75) is 13.8 Å². The van der Waals surface area contributed by atoms with Crippen molar-refractivity contribution in [3.8, 4) is 0 Å². The molecule has 0 spiro atoms. The second-order valence-electron chi connectivity index (χ2n) is 3.17. The van der Waals surface area contributed by atoms with Crippen molar-refractivity contribution in [3.63, 3.8) is 0 Å². The molecule has 0 saturated carbocycles. The molecule has 0 radical (unpaired) electrons. The highest BCUT2D eigenvalue weighted by molar-refractivity contribution is 6.43. The van der Waals surface area contributed by atoms with Crippen molar-refractivity contribution in [2.24, 2.45) is 0 Å². The molecule has 0 amide bonds. The first-order valence-corrected chi connectivity index (χ1v) is 4.70. The van der Waals surface area contributed by atoms with Crippen LogP contribution in [0.15, 0.2) is 0 Å². The van der Waals surface area contributed by atoms with E-state index in [1.54, 1.807) is 0 Å². The second-order valence-corrected chi connectivity index (χ2v) is 3.91. The number of hydrogen-bond acceptors (Lipinski definition) is 2. The quantitative estimate of drug-likeness (QED) is 0.714. The number of halogens is 3. The number of anilines is 1. The average molecular weight is 256 g/mol. The van der Waals surface area contributed by atoms with Crippen LogP contribution in [0.5, 0.6) is 0 Å². The van der Waals surface area contributed by atoms with Gasteiger partial charge in [0.05, 0.1) is 5.69 Å². The fourth-order valence-electron chi connectivity index (χ4n) is 1.25. The Morgan fingerprint density at radius 2 is 1.64 bits per heavy atom. The van der Waals surface area contributed by atoms with Crippen LogP contribution >= 0.6 is 35.6 Å². The van der Waals surface area contributed by atoms with Gasteiger partial charge in [0.2, 0.25) is 0 Å². The van der Waals surface area contributed by atoms with Crippen LogP contribution in [0.4, 0.5) is 5.69 Å². The molecule has 0 atom stereocenters. The minimum atomic E-state index is 0. The maximum atomic E-state index is 6.03. The number of nitrogens with zero attached hydrogens (tertiary/aromatic N) is 2. The van der Waals surface area contributed by atoms with Crippen LogP contribution < -0.4 is 4.90 Å². The van der Waals surface area contributed by atoms with Gasteiger partial charge in [-0.15, -0.1) is 12.4 Å². The first-order chi connectivity index (χ1) is 5.95. The van der Waals surface area contributed by atoms with Crippen molar-refractivity contribution in [3.05, 3.63) is 21.4 Å². The molecule has 1 heterocycles. The number of aryl methyl sites for hydroxylation is 1. The Morgan fingerprint density at radius 1 is 1.14 bits per heavy atom. The lowest BCUT2D eigenvalue weighted by Crippen LogP contribution is -2.12. The van der Waals surface area contributed by atoms with Crippen LogP contribution in [-0.4, -0.2) is 19.1 Å². The predicted octanol–water partition coefficient (Wildman–Crippen LogP) is 3.49. The van der Waals surface area contributed by atoms with Gasteiger partial charge >= 0.3 is 0 Å². The van der Waals surface area contributed by atoms with Crippen LogP contribution in [0.25, 0.3) is 0 Å². The summed E-state index contributed by atoms with van der Waals surface area (Å²) in [7, 11) is 3.87. The number of aromatic nitrogens is 1. The summed E-state index contributed by atoms with van der Waals surface area (Å²) in [5, 5.41) is 0.892. The maximum absolute atomic E-state index is 6.03. The molecule has 0 aliphatic carbocycles. The minimum absolute atomic E-state index is 0. The molecule has 0 aliphatic rings. The van der Waals surface area contributed by atoms with Crippen molar-refractivity contribution >= 4 is 41.3 Å².